The molecule has 0 aromatic heterocycles. The van der Waals surface area contributed by atoms with Gasteiger partial charge in [-0.25, -0.2) is 4.79 Å². The number of carbonyl (C=O) groups is 3. The highest BCUT2D eigenvalue weighted by atomic mass is 16.7. The zero-order valence-corrected chi connectivity index (χ0v) is 61.0. The fourth-order valence-electron chi connectivity index (χ4n) is 11.7. The molecule has 0 aliphatic rings. The Balaban J connectivity index is 3.96. The lowest BCUT2D eigenvalue weighted by Crippen LogP contribution is -2.40. The summed E-state index contributed by atoms with van der Waals surface area (Å²) in [5.74, 6) is -1.98. The van der Waals surface area contributed by atoms with E-state index in [4.69, 9.17) is 18.9 Å². The minimum Gasteiger partial charge on any atom is -0.477 e. The number of quaternary nitrogens is 1. The molecule has 532 valence electrons. The van der Waals surface area contributed by atoms with E-state index >= 15 is 0 Å². The Hall–Kier alpha value is -3.01. The minimum absolute atomic E-state index is 0.179. The van der Waals surface area contributed by atoms with Gasteiger partial charge >= 0.3 is 17.9 Å². The van der Waals surface area contributed by atoms with Crippen LogP contribution in [0.3, 0.4) is 0 Å². The first kappa shape index (κ1) is 88.0. The molecule has 0 heterocycles. The summed E-state index contributed by atoms with van der Waals surface area (Å²) in [6.07, 6.45) is 93.7. The van der Waals surface area contributed by atoms with Gasteiger partial charge in [0.25, 0.3) is 6.29 Å². The van der Waals surface area contributed by atoms with Gasteiger partial charge in [0.2, 0.25) is 0 Å². The van der Waals surface area contributed by atoms with Crippen LogP contribution in [0.4, 0.5) is 0 Å². The zero-order chi connectivity index (χ0) is 66.1. The highest BCUT2D eigenvalue weighted by Gasteiger charge is 2.25. The third kappa shape index (κ3) is 74.3. The van der Waals surface area contributed by atoms with Gasteiger partial charge < -0.3 is 28.5 Å². The molecule has 9 heteroatoms. The van der Waals surface area contributed by atoms with Gasteiger partial charge in [-0.15, -0.1) is 0 Å². The standard InChI is InChI=1S/C82H151NO8/c1-6-8-10-12-14-16-18-20-22-24-26-28-30-32-33-34-35-36-37-38-39-40-41-42-43-44-45-46-47-49-51-53-55-57-59-61-63-65-67-69-71-73-80(85)91-78(77-90-82(81(86)87)88-75-74-83(3,4)5)76-89-79(84)72-70-68-66-64-62-60-58-56-54-52-50-48-31-29-27-25-23-21-19-17-15-13-11-9-7-2/h18-21,24-27,30,32,78,82H,6-17,22-23,28-29,31,33-77H2,1-5H3/p+1/b20-18-,21-19-,26-24-,27-25-,32-30-. The summed E-state index contributed by atoms with van der Waals surface area (Å²) < 4.78 is 23.0. The van der Waals surface area contributed by atoms with Crippen LogP contribution in [0, 0.1) is 0 Å². The molecule has 0 aliphatic carbocycles. The van der Waals surface area contributed by atoms with Crippen molar-refractivity contribution in [3.63, 3.8) is 0 Å². The summed E-state index contributed by atoms with van der Waals surface area (Å²) in [4.78, 5) is 37.7. The first-order valence-corrected chi connectivity index (χ1v) is 39.5. The smallest absolute Gasteiger partial charge is 0.361 e. The molecule has 0 aromatic carbocycles. The number of rotatable bonds is 74. The highest BCUT2D eigenvalue weighted by Crippen LogP contribution is 2.19. The Morgan fingerprint density at radius 2 is 0.593 bits per heavy atom. The predicted molar refractivity (Wildman–Crippen MR) is 392 cm³/mol. The Kier molecular flexibility index (Phi) is 70.4. The third-order valence-corrected chi connectivity index (χ3v) is 17.7. The molecular formula is C82H152NO8+. The highest BCUT2D eigenvalue weighted by molar-refractivity contribution is 5.71. The van der Waals surface area contributed by atoms with Crippen LogP contribution in [0.25, 0.3) is 0 Å². The van der Waals surface area contributed by atoms with Crippen LogP contribution in [-0.4, -0.2) is 87.4 Å². The Morgan fingerprint density at radius 3 is 0.879 bits per heavy atom. The topological polar surface area (TPSA) is 108 Å². The average molecular weight is 1280 g/mol. The maximum atomic E-state index is 13.0. The molecule has 9 nitrogen and oxygen atoms in total. The second-order valence-electron chi connectivity index (χ2n) is 28.0. The van der Waals surface area contributed by atoms with E-state index in [1.165, 1.54) is 302 Å². The van der Waals surface area contributed by atoms with Crippen LogP contribution in [0.1, 0.15) is 386 Å². The van der Waals surface area contributed by atoms with Gasteiger partial charge in [0.1, 0.15) is 13.2 Å². The number of aliphatic carboxylic acids is 1. The Labute approximate surface area is 565 Å². The molecular weight excluding hydrogens is 1130 g/mol. The largest absolute Gasteiger partial charge is 0.477 e. The number of esters is 2. The summed E-state index contributed by atoms with van der Waals surface area (Å²) in [6.45, 7) is 4.91. The number of unbranched alkanes of at least 4 members (excludes halogenated alkanes) is 49. The predicted octanol–water partition coefficient (Wildman–Crippen LogP) is 25.0. The molecule has 0 aromatic rings. The van der Waals surface area contributed by atoms with Crippen molar-refractivity contribution in [2.45, 2.75) is 399 Å². The van der Waals surface area contributed by atoms with Crippen LogP contribution in [0.15, 0.2) is 60.8 Å². The number of nitrogens with zero attached hydrogens (tertiary/aromatic N) is 1. The number of carboxylic acids is 1. The second kappa shape index (κ2) is 72.8. The third-order valence-electron chi connectivity index (χ3n) is 17.7. The number of ether oxygens (including phenoxy) is 4. The van der Waals surface area contributed by atoms with E-state index < -0.39 is 18.4 Å². The van der Waals surface area contributed by atoms with E-state index in [2.05, 4.69) is 74.6 Å². The summed E-state index contributed by atoms with van der Waals surface area (Å²) in [5, 5.41) is 9.76. The van der Waals surface area contributed by atoms with Gasteiger partial charge in [-0.1, -0.05) is 351 Å². The van der Waals surface area contributed by atoms with Crippen molar-refractivity contribution < 1.29 is 42.9 Å². The van der Waals surface area contributed by atoms with Gasteiger partial charge in [0.15, 0.2) is 6.10 Å². The quantitative estimate of drug-likeness (QED) is 0.0211. The molecule has 2 unspecified atom stereocenters. The van der Waals surface area contributed by atoms with Gasteiger partial charge in [0.05, 0.1) is 34.4 Å². The normalized spacial score (nSPS) is 12.9. The lowest BCUT2D eigenvalue weighted by Gasteiger charge is -2.25. The molecule has 0 radical (unpaired) electrons. The number of hydrogen-bond acceptors (Lipinski definition) is 7. The molecule has 0 spiro atoms. The Morgan fingerprint density at radius 1 is 0.330 bits per heavy atom. The van der Waals surface area contributed by atoms with Crippen molar-refractivity contribution in [2.24, 2.45) is 0 Å². The minimum atomic E-state index is -1.51. The fourth-order valence-corrected chi connectivity index (χ4v) is 11.7. The molecule has 91 heavy (non-hydrogen) atoms. The van der Waals surface area contributed by atoms with E-state index in [-0.39, 0.29) is 38.2 Å². The first-order chi connectivity index (χ1) is 44.6. The van der Waals surface area contributed by atoms with E-state index in [0.717, 1.165) is 57.8 Å². The van der Waals surface area contributed by atoms with Gasteiger partial charge in [-0.3, -0.25) is 9.59 Å². The van der Waals surface area contributed by atoms with Crippen LogP contribution >= 0.6 is 0 Å². The van der Waals surface area contributed by atoms with Crippen LogP contribution in [-0.2, 0) is 33.3 Å². The van der Waals surface area contributed by atoms with E-state index in [1.54, 1.807) is 0 Å². The Bertz CT molecular complexity index is 1680. The summed E-state index contributed by atoms with van der Waals surface area (Å²) in [5.41, 5.74) is 0. The van der Waals surface area contributed by atoms with Crippen LogP contribution in [0.2, 0.25) is 0 Å². The van der Waals surface area contributed by atoms with Crippen molar-refractivity contribution in [2.75, 3.05) is 47.5 Å². The van der Waals surface area contributed by atoms with Gasteiger partial charge in [-0.2, -0.15) is 0 Å². The lowest BCUT2D eigenvalue weighted by molar-refractivity contribution is -0.870. The number of allylic oxidation sites excluding steroid dienone is 10. The SMILES string of the molecule is CCCCCCC/C=C\C/C=C\C/C=C\CCCCCCCCCCCCCCCCCCCCCCCCCCCCC(=O)OC(COC(=O)CCCCCCCCCCCCCCC/C=C\C/C=C\CCCCCCC)COC(OCC[N+](C)(C)C)C(=O)O. The number of carboxylic acid groups (broad SMARTS) is 1. The van der Waals surface area contributed by atoms with E-state index in [0.29, 0.717) is 17.4 Å². The number of likely N-dealkylation sites (N-methyl/N-ethyl adjacent to an activating group) is 1. The van der Waals surface area contributed by atoms with Crippen molar-refractivity contribution >= 4 is 17.9 Å². The molecule has 0 saturated heterocycles. The van der Waals surface area contributed by atoms with E-state index in [9.17, 15) is 19.5 Å². The van der Waals surface area contributed by atoms with Crippen LogP contribution in [0.5, 0.6) is 0 Å². The van der Waals surface area contributed by atoms with Gasteiger partial charge in [-0.05, 0) is 83.5 Å². The molecule has 0 aliphatic heterocycles. The average Bonchev–Trinajstić information content (AvgIpc) is 3.53. The van der Waals surface area contributed by atoms with Crippen molar-refractivity contribution in [1.82, 2.24) is 0 Å². The summed E-state index contributed by atoms with van der Waals surface area (Å²) in [6, 6.07) is 0. The molecule has 0 amide bonds. The molecule has 0 bridgehead atoms. The molecule has 0 fully saturated rings. The van der Waals surface area contributed by atoms with Crippen molar-refractivity contribution in [3.8, 4) is 0 Å². The summed E-state index contributed by atoms with van der Waals surface area (Å²) in [7, 11) is 5.99. The lowest BCUT2D eigenvalue weighted by atomic mass is 10.0. The molecule has 0 rings (SSSR count). The van der Waals surface area contributed by atoms with Crippen LogP contribution < -0.4 is 0 Å². The molecule has 1 N–H and O–H groups in total. The van der Waals surface area contributed by atoms with Gasteiger partial charge in [0, 0.05) is 12.8 Å². The zero-order valence-electron chi connectivity index (χ0n) is 61.0. The first-order valence-electron chi connectivity index (χ1n) is 39.5. The number of carbonyl (C=O) groups excluding carboxylic acids is 2. The van der Waals surface area contributed by atoms with Crippen molar-refractivity contribution in [3.05, 3.63) is 60.8 Å². The van der Waals surface area contributed by atoms with E-state index in [1.807, 2.05) is 21.1 Å². The molecule has 0 saturated carbocycles. The monoisotopic (exact) mass is 1280 g/mol. The fraction of sp³-hybridized carbons (Fsp3) is 0.841. The maximum Gasteiger partial charge on any atom is 0.361 e. The molecule has 2 atom stereocenters. The van der Waals surface area contributed by atoms with Crippen molar-refractivity contribution in [1.29, 1.82) is 0 Å². The summed E-state index contributed by atoms with van der Waals surface area (Å²) >= 11 is 0. The number of hydrogen-bond donors (Lipinski definition) is 1. The maximum absolute atomic E-state index is 13.0. The second-order valence-corrected chi connectivity index (χ2v) is 28.0.